The molecular weight excluding hydrogens is 252 g/mol. The van der Waals surface area contributed by atoms with Crippen LogP contribution in [0, 0.1) is 0 Å². The first-order valence-corrected chi connectivity index (χ1v) is 7.54. The van der Waals surface area contributed by atoms with E-state index in [1.165, 1.54) is 38.8 Å². The van der Waals surface area contributed by atoms with Crippen molar-refractivity contribution in [2.24, 2.45) is 0 Å². The second kappa shape index (κ2) is 5.94. The standard InChI is InChI=1S/C16H22N2O2/c19-16(20)13-6-4-12(5-7-13)11-17-14-8-10-18-9-2-1-3-15(14)18/h4-7,14-15,17H,1-3,8-11H2,(H,19,20). The molecule has 2 heterocycles. The highest BCUT2D eigenvalue weighted by atomic mass is 16.4. The lowest BCUT2D eigenvalue weighted by atomic mass is 9.99. The van der Waals surface area contributed by atoms with E-state index in [0.717, 1.165) is 12.1 Å². The molecule has 2 fully saturated rings. The van der Waals surface area contributed by atoms with Gasteiger partial charge in [-0.25, -0.2) is 4.79 Å². The monoisotopic (exact) mass is 274 g/mol. The number of benzene rings is 1. The minimum Gasteiger partial charge on any atom is -0.478 e. The van der Waals surface area contributed by atoms with Gasteiger partial charge < -0.3 is 10.4 Å². The third kappa shape index (κ3) is 2.86. The second-order valence-electron chi connectivity index (χ2n) is 5.88. The van der Waals surface area contributed by atoms with Crippen LogP contribution < -0.4 is 5.32 Å². The van der Waals surface area contributed by atoms with Gasteiger partial charge >= 0.3 is 5.97 Å². The van der Waals surface area contributed by atoms with Crippen molar-refractivity contribution in [1.29, 1.82) is 0 Å². The number of rotatable bonds is 4. The quantitative estimate of drug-likeness (QED) is 0.883. The molecule has 2 atom stereocenters. The van der Waals surface area contributed by atoms with E-state index in [-0.39, 0.29) is 0 Å². The van der Waals surface area contributed by atoms with Crippen LogP contribution in [0.3, 0.4) is 0 Å². The fourth-order valence-electron chi connectivity index (χ4n) is 3.50. The number of nitrogens with one attached hydrogen (secondary N) is 1. The van der Waals surface area contributed by atoms with Crippen LogP contribution in [-0.4, -0.2) is 41.1 Å². The lowest BCUT2D eigenvalue weighted by molar-refractivity contribution is 0.0697. The maximum atomic E-state index is 10.8. The van der Waals surface area contributed by atoms with E-state index in [1.54, 1.807) is 12.1 Å². The molecule has 0 saturated carbocycles. The number of carbonyl (C=O) groups is 1. The summed E-state index contributed by atoms with van der Waals surface area (Å²) in [4.78, 5) is 13.4. The topological polar surface area (TPSA) is 52.6 Å². The molecule has 0 aromatic heterocycles. The average Bonchev–Trinajstić information content (AvgIpc) is 2.89. The molecule has 0 amide bonds. The van der Waals surface area contributed by atoms with E-state index < -0.39 is 5.97 Å². The molecule has 2 aliphatic rings. The van der Waals surface area contributed by atoms with Crippen LogP contribution in [0.25, 0.3) is 0 Å². The summed E-state index contributed by atoms with van der Waals surface area (Å²) in [6, 6.07) is 8.48. The van der Waals surface area contributed by atoms with Crippen molar-refractivity contribution in [2.45, 2.75) is 44.3 Å². The van der Waals surface area contributed by atoms with Crippen LogP contribution in [0.4, 0.5) is 0 Å². The highest BCUT2D eigenvalue weighted by Crippen LogP contribution is 2.27. The Kier molecular flexibility index (Phi) is 4.03. The van der Waals surface area contributed by atoms with Gasteiger partial charge in [0.25, 0.3) is 0 Å². The Balaban J connectivity index is 1.55. The first-order chi connectivity index (χ1) is 9.74. The largest absolute Gasteiger partial charge is 0.478 e. The summed E-state index contributed by atoms with van der Waals surface area (Å²) < 4.78 is 0. The number of piperidine rings is 1. The van der Waals surface area contributed by atoms with Crippen molar-refractivity contribution in [3.8, 4) is 0 Å². The van der Waals surface area contributed by atoms with Crippen molar-refractivity contribution >= 4 is 5.97 Å². The SMILES string of the molecule is O=C(O)c1ccc(CNC2CCN3CCCCC23)cc1. The zero-order chi connectivity index (χ0) is 13.9. The van der Waals surface area contributed by atoms with Crippen molar-refractivity contribution in [1.82, 2.24) is 10.2 Å². The molecule has 1 aromatic rings. The molecule has 0 radical (unpaired) electrons. The van der Waals surface area contributed by atoms with Crippen molar-refractivity contribution in [2.75, 3.05) is 13.1 Å². The lowest BCUT2D eigenvalue weighted by Gasteiger charge is -2.32. The average molecular weight is 274 g/mol. The van der Waals surface area contributed by atoms with Gasteiger partial charge in [0.2, 0.25) is 0 Å². The van der Waals surface area contributed by atoms with E-state index in [4.69, 9.17) is 5.11 Å². The van der Waals surface area contributed by atoms with Crippen LogP contribution in [0.5, 0.6) is 0 Å². The van der Waals surface area contributed by atoms with Gasteiger partial charge in [-0.05, 0) is 43.5 Å². The molecular formula is C16H22N2O2. The number of hydrogen-bond acceptors (Lipinski definition) is 3. The summed E-state index contributed by atoms with van der Waals surface area (Å²) in [5, 5.41) is 12.5. The smallest absolute Gasteiger partial charge is 0.335 e. The molecule has 2 N–H and O–H groups in total. The molecule has 2 unspecified atom stereocenters. The Morgan fingerprint density at radius 3 is 2.75 bits per heavy atom. The van der Waals surface area contributed by atoms with Gasteiger partial charge in [0, 0.05) is 25.2 Å². The third-order valence-electron chi connectivity index (χ3n) is 4.63. The fourth-order valence-corrected chi connectivity index (χ4v) is 3.50. The van der Waals surface area contributed by atoms with Crippen LogP contribution in [0.1, 0.15) is 41.6 Å². The normalized spacial score (nSPS) is 26.4. The molecule has 0 aliphatic carbocycles. The fraction of sp³-hybridized carbons (Fsp3) is 0.562. The van der Waals surface area contributed by atoms with Gasteiger partial charge in [-0.3, -0.25) is 4.90 Å². The van der Waals surface area contributed by atoms with E-state index in [9.17, 15) is 4.79 Å². The molecule has 3 rings (SSSR count). The summed E-state index contributed by atoms with van der Waals surface area (Å²) in [5.41, 5.74) is 1.51. The van der Waals surface area contributed by atoms with Gasteiger partial charge in [-0.2, -0.15) is 0 Å². The molecule has 2 saturated heterocycles. The number of hydrogen-bond donors (Lipinski definition) is 2. The van der Waals surface area contributed by atoms with Gasteiger partial charge in [-0.15, -0.1) is 0 Å². The number of fused-ring (bicyclic) bond motifs is 1. The van der Waals surface area contributed by atoms with Crippen molar-refractivity contribution in [3.05, 3.63) is 35.4 Å². The summed E-state index contributed by atoms with van der Waals surface area (Å²) in [5.74, 6) is -0.863. The van der Waals surface area contributed by atoms with Crippen LogP contribution in [0.15, 0.2) is 24.3 Å². The highest BCUT2D eigenvalue weighted by molar-refractivity contribution is 5.87. The first kappa shape index (κ1) is 13.6. The molecule has 2 aliphatic heterocycles. The van der Waals surface area contributed by atoms with Gasteiger partial charge in [0.05, 0.1) is 5.56 Å². The molecule has 4 heteroatoms. The van der Waals surface area contributed by atoms with E-state index in [2.05, 4.69) is 10.2 Å². The summed E-state index contributed by atoms with van der Waals surface area (Å²) in [7, 11) is 0. The van der Waals surface area contributed by atoms with E-state index in [1.807, 2.05) is 12.1 Å². The predicted octanol–water partition coefficient (Wildman–Crippen LogP) is 2.10. The molecule has 20 heavy (non-hydrogen) atoms. The zero-order valence-electron chi connectivity index (χ0n) is 11.7. The minimum atomic E-state index is -0.863. The Morgan fingerprint density at radius 2 is 2.00 bits per heavy atom. The number of carboxylic acids is 1. The number of carboxylic acid groups (broad SMARTS) is 1. The third-order valence-corrected chi connectivity index (χ3v) is 4.63. The van der Waals surface area contributed by atoms with E-state index >= 15 is 0 Å². The first-order valence-electron chi connectivity index (χ1n) is 7.54. The van der Waals surface area contributed by atoms with Crippen LogP contribution in [0.2, 0.25) is 0 Å². The maximum absolute atomic E-state index is 10.8. The van der Waals surface area contributed by atoms with Crippen LogP contribution >= 0.6 is 0 Å². The Labute approximate surface area is 119 Å². The van der Waals surface area contributed by atoms with Gasteiger partial charge in [0.15, 0.2) is 0 Å². The van der Waals surface area contributed by atoms with Crippen molar-refractivity contribution < 1.29 is 9.90 Å². The Hall–Kier alpha value is -1.39. The molecule has 108 valence electrons. The number of aromatic carboxylic acids is 1. The van der Waals surface area contributed by atoms with Gasteiger partial charge in [-0.1, -0.05) is 18.6 Å². The highest BCUT2D eigenvalue weighted by Gasteiger charge is 2.34. The minimum absolute atomic E-state index is 0.355. The Morgan fingerprint density at radius 1 is 1.20 bits per heavy atom. The Bertz CT molecular complexity index is 472. The summed E-state index contributed by atoms with van der Waals surface area (Å²) in [6.07, 6.45) is 5.25. The zero-order valence-corrected chi connectivity index (χ0v) is 11.7. The lowest BCUT2D eigenvalue weighted by Crippen LogP contribution is -2.44. The predicted molar refractivity (Wildman–Crippen MR) is 77.9 cm³/mol. The summed E-state index contributed by atoms with van der Waals surface area (Å²) >= 11 is 0. The molecule has 1 aromatic carbocycles. The molecule has 0 spiro atoms. The maximum Gasteiger partial charge on any atom is 0.335 e. The van der Waals surface area contributed by atoms with Crippen molar-refractivity contribution in [3.63, 3.8) is 0 Å². The second-order valence-corrected chi connectivity index (χ2v) is 5.88. The molecule has 4 nitrogen and oxygen atoms in total. The van der Waals surface area contributed by atoms with Crippen LogP contribution in [-0.2, 0) is 6.54 Å². The van der Waals surface area contributed by atoms with Gasteiger partial charge in [0.1, 0.15) is 0 Å². The molecule has 0 bridgehead atoms. The van der Waals surface area contributed by atoms with E-state index in [0.29, 0.717) is 17.6 Å². The summed E-state index contributed by atoms with van der Waals surface area (Å²) in [6.45, 7) is 3.31. The number of nitrogens with zero attached hydrogens (tertiary/aromatic N) is 1.